The molecule has 0 aromatic heterocycles. The molecular weight excluding hydrogens is 967 g/mol. The molecule has 11 nitrogen and oxygen atoms in total. The molecule has 77 heavy (non-hydrogen) atoms. The van der Waals surface area contributed by atoms with Gasteiger partial charge in [0.25, 0.3) is 0 Å². The second kappa shape index (κ2) is 54.7. The summed E-state index contributed by atoms with van der Waals surface area (Å²) in [5.41, 5.74) is 0. The Hall–Kier alpha value is -1.86. The van der Waals surface area contributed by atoms with Gasteiger partial charge in [-0.2, -0.15) is 0 Å². The normalized spacial score (nSPS) is 19.1. The summed E-state index contributed by atoms with van der Waals surface area (Å²) in [6, 6.07) is -1.02. The molecule has 6 N–H and O–H groups in total. The minimum atomic E-state index is -1.61. The van der Waals surface area contributed by atoms with Crippen LogP contribution < -0.4 is 5.32 Å². The second-order valence-electron chi connectivity index (χ2n) is 23.2. The van der Waals surface area contributed by atoms with Crippen LogP contribution in [0.5, 0.6) is 0 Å². The van der Waals surface area contributed by atoms with E-state index in [1.165, 1.54) is 218 Å². The topological polar surface area (TPSA) is 175 Å². The quantitative estimate of drug-likeness (QED) is 0.0195. The van der Waals surface area contributed by atoms with Gasteiger partial charge in [0.15, 0.2) is 12.4 Å². The van der Waals surface area contributed by atoms with Crippen molar-refractivity contribution in [3.05, 3.63) is 24.3 Å². The van der Waals surface area contributed by atoms with E-state index in [1.54, 1.807) is 6.08 Å². The van der Waals surface area contributed by atoms with Gasteiger partial charge in [0.2, 0.25) is 5.91 Å². The predicted molar refractivity (Wildman–Crippen MR) is 320 cm³/mol. The highest BCUT2D eigenvalue weighted by Crippen LogP contribution is 2.26. The fraction of sp³-hybridized carbons (Fsp3) is 0.909. The zero-order valence-electron chi connectivity index (χ0n) is 50.4. The average molecular weight is 1090 g/mol. The van der Waals surface area contributed by atoms with Gasteiger partial charge in [-0.25, -0.2) is 0 Å². The van der Waals surface area contributed by atoms with Gasteiger partial charge in [0, 0.05) is 6.42 Å². The van der Waals surface area contributed by atoms with Gasteiger partial charge < -0.3 is 45.1 Å². The summed E-state index contributed by atoms with van der Waals surface area (Å²) in [6.07, 6.45) is 53.5. The zero-order chi connectivity index (χ0) is 56.1. The van der Waals surface area contributed by atoms with Gasteiger partial charge in [-0.1, -0.05) is 289 Å². The van der Waals surface area contributed by atoms with Crippen LogP contribution in [0.15, 0.2) is 24.3 Å². The first-order valence-electron chi connectivity index (χ1n) is 33.1. The van der Waals surface area contributed by atoms with E-state index in [2.05, 4.69) is 38.2 Å². The van der Waals surface area contributed by atoms with Crippen molar-refractivity contribution in [2.24, 2.45) is 0 Å². The Morgan fingerprint density at radius 1 is 0.494 bits per heavy atom. The van der Waals surface area contributed by atoms with Crippen LogP contribution in [0.1, 0.15) is 323 Å². The molecular formula is C66H125NO10. The van der Waals surface area contributed by atoms with Gasteiger partial charge in [-0.15, -0.1) is 0 Å². The SMILES string of the molecule is CCCCCCCC/C=C/CCCCCCCCCCCC(=O)OC1C(OCC(NC(=O)C(O)CCCCCCCCCCCCCCCCCC)C(O)/C=C/CCCCCCCCCCCCC)OC(CO)C(O)C1O. The van der Waals surface area contributed by atoms with Crippen LogP contribution in [0.25, 0.3) is 0 Å². The number of aliphatic hydroxyl groups is 5. The first-order valence-corrected chi connectivity index (χ1v) is 33.1. The molecule has 8 unspecified atom stereocenters. The second-order valence-corrected chi connectivity index (χ2v) is 23.2. The molecule has 1 amide bonds. The molecule has 8 atom stereocenters. The van der Waals surface area contributed by atoms with Crippen LogP contribution in [0.3, 0.4) is 0 Å². The number of aliphatic hydroxyl groups excluding tert-OH is 5. The third-order valence-corrected chi connectivity index (χ3v) is 15.9. The van der Waals surface area contributed by atoms with E-state index in [0.29, 0.717) is 19.3 Å². The van der Waals surface area contributed by atoms with Crippen molar-refractivity contribution in [3.8, 4) is 0 Å². The largest absolute Gasteiger partial charge is 0.454 e. The third kappa shape index (κ3) is 42.6. The maximum Gasteiger partial charge on any atom is 0.306 e. The van der Waals surface area contributed by atoms with Crippen molar-refractivity contribution in [2.75, 3.05) is 13.2 Å². The van der Waals surface area contributed by atoms with Crippen molar-refractivity contribution in [1.82, 2.24) is 5.32 Å². The van der Waals surface area contributed by atoms with Crippen LogP contribution in [-0.2, 0) is 23.8 Å². The molecule has 0 aromatic carbocycles. The van der Waals surface area contributed by atoms with Gasteiger partial charge >= 0.3 is 5.97 Å². The average Bonchev–Trinajstić information content (AvgIpc) is 3.43. The van der Waals surface area contributed by atoms with E-state index in [1.807, 2.05) is 6.08 Å². The highest BCUT2D eigenvalue weighted by Gasteiger charge is 2.47. The minimum absolute atomic E-state index is 0.125. The predicted octanol–water partition coefficient (Wildman–Crippen LogP) is 16.1. The number of allylic oxidation sites excluding steroid dienone is 3. The standard InChI is InChI=1S/C66H125NO10/c1-4-7-10-13-16-19-22-25-27-29-30-31-33-36-39-42-45-48-51-54-61(71)77-64-63(73)62(72)60(55-68)76-66(64)75-56-57(58(69)52-49-46-43-40-37-34-24-21-18-15-12-9-6-3)67-65(74)59(70)53-50-47-44-41-38-35-32-28-26-23-20-17-14-11-8-5-2/h25,27,49,52,57-60,62-64,66,68-70,72-73H,4-24,26,28-48,50-51,53-56H2,1-3H3,(H,67,74)/b27-25+,52-49+. The smallest absolute Gasteiger partial charge is 0.306 e. The van der Waals surface area contributed by atoms with E-state index in [-0.39, 0.29) is 13.0 Å². The number of carbonyl (C=O) groups is 2. The Morgan fingerprint density at radius 3 is 1.26 bits per heavy atom. The van der Waals surface area contributed by atoms with Crippen LogP contribution in [0, 0.1) is 0 Å². The lowest BCUT2D eigenvalue weighted by molar-refractivity contribution is -0.305. The molecule has 0 bridgehead atoms. The van der Waals surface area contributed by atoms with E-state index >= 15 is 0 Å². The van der Waals surface area contributed by atoms with Crippen molar-refractivity contribution >= 4 is 11.9 Å². The molecule has 0 spiro atoms. The fourth-order valence-electron chi connectivity index (χ4n) is 10.6. The molecule has 1 saturated heterocycles. The van der Waals surface area contributed by atoms with Gasteiger partial charge in [-0.05, 0) is 51.4 Å². The molecule has 0 aliphatic carbocycles. The van der Waals surface area contributed by atoms with Gasteiger partial charge in [0.1, 0.15) is 24.4 Å². The number of nitrogens with one attached hydrogen (secondary N) is 1. The van der Waals surface area contributed by atoms with Crippen molar-refractivity contribution < 1.29 is 49.3 Å². The lowest BCUT2D eigenvalue weighted by atomic mass is 9.99. The number of hydrogen-bond acceptors (Lipinski definition) is 10. The van der Waals surface area contributed by atoms with Gasteiger partial charge in [-0.3, -0.25) is 9.59 Å². The molecule has 11 heteroatoms. The van der Waals surface area contributed by atoms with Crippen molar-refractivity contribution in [2.45, 2.75) is 372 Å². The Kier molecular flexibility index (Phi) is 52.0. The number of ether oxygens (including phenoxy) is 3. The highest BCUT2D eigenvalue weighted by molar-refractivity contribution is 5.80. The molecule has 0 saturated carbocycles. The summed E-state index contributed by atoms with van der Waals surface area (Å²) >= 11 is 0. The summed E-state index contributed by atoms with van der Waals surface area (Å²) in [4.78, 5) is 26.6. The number of unbranched alkanes of at least 4 members (excludes halogenated alkanes) is 41. The monoisotopic (exact) mass is 1090 g/mol. The van der Waals surface area contributed by atoms with E-state index in [9.17, 15) is 35.1 Å². The Balaban J connectivity index is 2.64. The molecule has 0 aromatic rings. The highest BCUT2D eigenvalue weighted by atomic mass is 16.7. The van der Waals surface area contributed by atoms with Crippen LogP contribution in [0.2, 0.25) is 0 Å². The summed E-state index contributed by atoms with van der Waals surface area (Å²) in [5, 5.41) is 57.1. The lowest BCUT2D eigenvalue weighted by Gasteiger charge is -2.41. The van der Waals surface area contributed by atoms with Crippen LogP contribution >= 0.6 is 0 Å². The minimum Gasteiger partial charge on any atom is -0.454 e. The van der Waals surface area contributed by atoms with Gasteiger partial charge in [0.05, 0.1) is 25.4 Å². The van der Waals surface area contributed by atoms with Crippen molar-refractivity contribution in [1.29, 1.82) is 0 Å². The van der Waals surface area contributed by atoms with Crippen LogP contribution in [0.4, 0.5) is 0 Å². The third-order valence-electron chi connectivity index (χ3n) is 15.9. The molecule has 0 radical (unpaired) electrons. The van der Waals surface area contributed by atoms with E-state index in [0.717, 1.165) is 57.8 Å². The first kappa shape index (κ1) is 73.2. The molecule has 1 aliphatic heterocycles. The molecule has 1 aliphatic rings. The Labute approximate surface area is 473 Å². The lowest BCUT2D eigenvalue weighted by Crippen LogP contribution is -2.61. The van der Waals surface area contributed by atoms with E-state index < -0.39 is 67.4 Å². The maximum absolute atomic E-state index is 13.4. The maximum atomic E-state index is 13.4. The van der Waals surface area contributed by atoms with Crippen LogP contribution in [-0.4, -0.2) is 99.6 Å². The Bertz CT molecular complexity index is 1350. The van der Waals surface area contributed by atoms with Crippen molar-refractivity contribution in [3.63, 3.8) is 0 Å². The molecule has 1 heterocycles. The summed E-state index contributed by atoms with van der Waals surface area (Å²) in [6.45, 7) is 5.83. The first-order chi connectivity index (χ1) is 37.7. The summed E-state index contributed by atoms with van der Waals surface area (Å²) in [7, 11) is 0. The number of hydrogen-bond donors (Lipinski definition) is 6. The number of esters is 1. The number of rotatable bonds is 57. The molecule has 454 valence electrons. The Morgan fingerprint density at radius 2 is 0.857 bits per heavy atom. The summed E-state index contributed by atoms with van der Waals surface area (Å²) < 4.78 is 17.7. The zero-order valence-corrected chi connectivity index (χ0v) is 50.4. The number of carbonyl (C=O) groups excluding carboxylic acids is 2. The summed E-state index contributed by atoms with van der Waals surface area (Å²) in [5.74, 6) is -1.18. The number of amides is 1. The molecule has 1 rings (SSSR count). The van der Waals surface area contributed by atoms with E-state index in [4.69, 9.17) is 14.2 Å². The molecule has 1 fully saturated rings. The fourth-order valence-corrected chi connectivity index (χ4v) is 10.6.